The van der Waals surface area contributed by atoms with Crippen LogP contribution in [-0.4, -0.2) is 30.6 Å². The number of benzene rings is 1. The van der Waals surface area contributed by atoms with Gasteiger partial charge in [0.25, 0.3) is 0 Å². The van der Waals surface area contributed by atoms with Crippen LogP contribution in [0.3, 0.4) is 0 Å². The first-order valence-electron chi connectivity index (χ1n) is 6.69. The molecule has 19 heavy (non-hydrogen) atoms. The molecule has 0 spiro atoms. The Morgan fingerprint density at radius 1 is 1.42 bits per heavy atom. The number of aryl methyl sites for hydroxylation is 1. The number of carbonyl (C=O) groups is 1. The largest absolute Gasteiger partial charge is 0.468 e. The molecule has 1 fully saturated rings. The lowest BCUT2D eigenvalue weighted by molar-refractivity contribution is -0.143. The van der Waals surface area contributed by atoms with Crippen LogP contribution in [0.15, 0.2) is 24.3 Å². The van der Waals surface area contributed by atoms with Crippen molar-refractivity contribution in [1.29, 1.82) is 0 Å². The summed E-state index contributed by atoms with van der Waals surface area (Å²) in [5, 5.41) is 3.46. The Labute approximate surface area is 119 Å². The number of ether oxygens (including phenoxy) is 1. The fraction of sp³-hybridized carbons (Fsp3) is 0.533. The summed E-state index contributed by atoms with van der Waals surface area (Å²) in [5.41, 5.74) is 2.15. The van der Waals surface area contributed by atoms with Crippen molar-refractivity contribution in [1.82, 2.24) is 5.32 Å². The lowest BCUT2D eigenvalue weighted by Gasteiger charge is -2.27. The minimum atomic E-state index is -0.349. The fourth-order valence-electron chi connectivity index (χ4n) is 2.37. The van der Waals surface area contributed by atoms with E-state index in [1.54, 1.807) is 0 Å². The SMILES string of the molecule is COC(=O)C(NC1CCSCC1)c1cccc(C)c1. The van der Waals surface area contributed by atoms with E-state index in [1.807, 2.05) is 43.0 Å². The third kappa shape index (κ3) is 3.98. The molecule has 1 saturated heterocycles. The molecule has 1 heterocycles. The highest BCUT2D eigenvalue weighted by molar-refractivity contribution is 7.99. The van der Waals surface area contributed by atoms with Crippen LogP contribution in [0.25, 0.3) is 0 Å². The van der Waals surface area contributed by atoms with Crippen molar-refractivity contribution in [3.63, 3.8) is 0 Å². The molecule has 0 amide bonds. The van der Waals surface area contributed by atoms with Crippen molar-refractivity contribution in [2.24, 2.45) is 0 Å². The van der Waals surface area contributed by atoms with Crippen LogP contribution < -0.4 is 5.32 Å². The Hall–Kier alpha value is -1.00. The molecule has 1 aliphatic rings. The van der Waals surface area contributed by atoms with Gasteiger partial charge in [-0.15, -0.1) is 0 Å². The molecule has 4 heteroatoms. The third-order valence-electron chi connectivity index (χ3n) is 3.44. The van der Waals surface area contributed by atoms with E-state index in [1.165, 1.54) is 18.6 Å². The minimum Gasteiger partial charge on any atom is -0.468 e. The van der Waals surface area contributed by atoms with Gasteiger partial charge < -0.3 is 4.74 Å². The van der Waals surface area contributed by atoms with E-state index in [9.17, 15) is 4.79 Å². The van der Waals surface area contributed by atoms with Gasteiger partial charge in [0.1, 0.15) is 6.04 Å². The first kappa shape index (κ1) is 14.4. The van der Waals surface area contributed by atoms with E-state index < -0.39 is 0 Å². The molecule has 0 aromatic heterocycles. The molecule has 1 atom stereocenters. The van der Waals surface area contributed by atoms with Crippen LogP contribution in [-0.2, 0) is 9.53 Å². The van der Waals surface area contributed by atoms with Crippen LogP contribution in [0, 0.1) is 6.92 Å². The Kier molecular flexibility index (Phi) is 5.28. The maximum absolute atomic E-state index is 12.0. The summed E-state index contributed by atoms with van der Waals surface area (Å²) in [6.45, 7) is 2.04. The van der Waals surface area contributed by atoms with Crippen molar-refractivity contribution >= 4 is 17.7 Å². The minimum absolute atomic E-state index is 0.205. The van der Waals surface area contributed by atoms with Crippen LogP contribution in [0.5, 0.6) is 0 Å². The number of methoxy groups -OCH3 is 1. The summed E-state index contributed by atoms with van der Waals surface area (Å²) in [7, 11) is 1.45. The molecule has 104 valence electrons. The van der Waals surface area contributed by atoms with Gasteiger partial charge in [0, 0.05) is 6.04 Å². The first-order valence-corrected chi connectivity index (χ1v) is 7.84. The van der Waals surface area contributed by atoms with Gasteiger partial charge in [0.05, 0.1) is 7.11 Å². The Morgan fingerprint density at radius 3 is 2.79 bits per heavy atom. The average molecular weight is 279 g/mol. The standard InChI is InChI=1S/C15H21NO2S/c1-11-4-3-5-12(10-11)14(15(17)18-2)16-13-6-8-19-9-7-13/h3-5,10,13-14,16H,6-9H2,1-2H3. The number of rotatable bonds is 4. The van der Waals surface area contributed by atoms with Crippen molar-refractivity contribution in [3.8, 4) is 0 Å². The zero-order chi connectivity index (χ0) is 13.7. The Balaban J connectivity index is 2.13. The number of hydrogen-bond donors (Lipinski definition) is 1. The normalized spacial score (nSPS) is 18.0. The van der Waals surface area contributed by atoms with E-state index in [2.05, 4.69) is 5.32 Å². The van der Waals surface area contributed by atoms with Crippen molar-refractivity contribution < 1.29 is 9.53 Å². The average Bonchev–Trinajstić information content (AvgIpc) is 2.45. The maximum Gasteiger partial charge on any atom is 0.327 e. The second-order valence-electron chi connectivity index (χ2n) is 4.92. The predicted octanol–water partition coefficient (Wildman–Crippen LogP) is 2.69. The van der Waals surface area contributed by atoms with Crippen LogP contribution >= 0.6 is 11.8 Å². The van der Waals surface area contributed by atoms with Gasteiger partial charge in [-0.25, -0.2) is 4.79 Å². The van der Waals surface area contributed by atoms with Gasteiger partial charge >= 0.3 is 5.97 Å². The number of hydrogen-bond acceptors (Lipinski definition) is 4. The molecule has 0 radical (unpaired) electrons. The summed E-state index contributed by atoms with van der Waals surface area (Å²) in [6, 6.07) is 8.11. The molecule has 0 aliphatic carbocycles. The van der Waals surface area contributed by atoms with E-state index in [-0.39, 0.29) is 12.0 Å². The van der Waals surface area contributed by atoms with Crippen LogP contribution in [0.1, 0.15) is 30.0 Å². The molecule has 0 saturated carbocycles. The maximum atomic E-state index is 12.0. The second kappa shape index (κ2) is 6.96. The van der Waals surface area contributed by atoms with Gasteiger partial charge in [0.15, 0.2) is 0 Å². The quantitative estimate of drug-likeness (QED) is 0.860. The van der Waals surface area contributed by atoms with Crippen LogP contribution in [0.4, 0.5) is 0 Å². The molecular formula is C15H21NO2S. The van der Waals surface area contributed by atoms with E-state index in [4.69, 9.17) is 4.74 Å². The third-order valence-corrected chi connectivity index (χ3v) is 4.48. The molecular weight excluding hydrogens is 258 g/mol. The fourth-order valence-corrected chi connectivity index (χ4v) is 3.47. The molecule has 1 aromatic rings. The Morgan fingerprint density at radius 2 is 2.16 bits per heavy atom. The zero-order valence-electron chi connectivity index (χ0n) is 11.5. The molecule has 1 N–H and O–H groups in total. The van der Waals surface area contributed by atoms with E-state index in [0.717, 1.165) is 24.0 Å². The highest BCUT2D eigenvalue weighted by Crippen LogP contribution is 2.22. The second-order valence-corrected chi connectivity index (χ2v) is 6.15. The summed E-state index contributed by atoms with van der Waals surface area (Å²) >= 11 is 1.98. The van der Waals surface area contributed by atoms with Gasteiger partial charge in [-0.3, -0.25) is 5.32 Å². The monoisotopic (exact) mass is 279 g/mol. The van der Waals surface area contributed by atoms with Crippen molar-refractivity contribution in [2.75, 3.05) is 18.6 Å². The van der Waals surface area contributed by atoms with E-state index in [0.29, 0.717) is 6.04 Å². The molecule has 1 aromatic carbocycles. The topological polar surface area (TPSA) is 38.3 Å². The lowest BCUT2D eigenvalue weighted by atomic mass is 10.0. The number of esters is 1. The van der Waals surface area contributed by atoms with Gasteiger partial charge in [-0.2, -0.15) is 11.8 Å². The molecule has 1 unspecified atom stereocenters. The first-order chi connectivity index (χ1) is 9.20. The molecule has 1 aliphatic heterocycles. The van der Waals surface area contributed by atoms with Gasteiger partial charge in [0.2, 0.25) is 0 Å². The summed E-state index contributed by atoms with van der Waals surface area (Å²) < 4.78 is 4.94. The van der Waals surface area contributed by atoms with Crippen molar-refractivity contribution in [3.05, 3.63) is 35.4 Å². The number of thioether (sulfide) groups is 1. The highest BCUT2D eigenvalue weighted by Gasteiger charge is 2.25. The molecule has 2 rings (SSSR count). The molecule has 0 bridgehead atoms. The number of carbonyl (C=O) groups excluding carboxylic acids is 1. The number of nitrogens with one attached hydrogen (secondary N) is 1. The van der Waals surface area contributed by atoms with Gasteiger partial charge in [-0.1, -0.05) is 29.8 Å². The van der Waals surface area contributed by atoms with Crippen molar-refractivity contribution in [2.45, 2.75) is 31.8 Å². The summed E-state index contributed by atoms with van der Waals surface area (Å²) in [5.74, 6) is 2.13. The lowest BCUT2D eigenvalue weighted by Crippen LogP contribution is -2.39. The predicted molar refractivity (Wildman–Crippen MR) is 79.4 cm³/mol. The van der Waals surface area contributed by atoms with E-state index >= 15 is 0 Å². The molecule has 3 nitrogen and oxygen atoms in total. The summed E-state index contributed by atoms with van der Waals surface area (Å²) in [4.78, 5) is 12.0. The highest BCUT2D eigenvalue weighted by atomic mass is 32.2. The van der Waals surface area contributed by atoms with Crippen LogP contribution in [0.2, 0.25) is 0 Å². The van der Waals surface area contributed by atoms with Gasteiger partial charge in [-0.05, 0) is 36.8 Å². The summed E-state index contributed by atoms with van der Waals surface area (Å²) in [6.07, 6.45) is 2.23. The zero-order valence-corrected chi connectivity index (χ0v) is 12.3. The smallest absolute Gasteiger partial charge is 0.327 e. The Bertz CT molecular complexity index is 430.